The molecule has 0 aliphatic heterocycles. The molecule has 3 heteroatoms. The van der Waals surface area contributed by atoms with Gasteiger partial charge in [-0.15, -0.1) is 11.3 Å². The van der Waals surface area contributed by atoms with Gasteiger partial charge in [0.15, 0.2) is 5.13 Å². The molecule has 0 fully saturated rings. The standard InChI is InChI=1S/C23H22N2S/c1-23(2,3)18-13-11-17(12-14-18)21-15-26-22(25-21)24-20-10-6-8-16-7-4-5-9-19(16)20/h4-15H,1-3H3,(H,24,25). The Labute approximate surface area is 158 Å². The van der Waals surface area contributed by atoms with Crippen LogP contribution >= 0.6 is 11.3 Å². The van der Waals surface area contributed by atoms with Gasteiger partial charge in [0.2, 0.25) is 0 Å². The van der Waals surface area contributed by atoms with E-state index in [2.05, 4.69) is 98.2 Å². The molecule has 2 nitrogen and oxygen atoms in total. The summed E-state index contributed by atoms with van der Waals surface area (Å²) in [5.41, 5.74) is 4.76. The Balaban J connectivity index is 1.60. The van der Waals surface area contributed by atoms with Crippen molar-refractivity contribution in [2.75, 3.05) is 5.32 Å². The summed E-state index contributed by atoms with van der Waals surface area (Å²) < 4.78 is 0. The molecule has 26 heavy (non-hydrogen) atoms. The van der Waals surface area contributed by atoms with Crippen LogP contribution < -0.4 is 5.32 Å². The van der Waals surface area contributed by atoms with Gasteiger partial charge in [-0.25, -0.2) is 4.98 Å². The number of anilines is 2. The maximum Gasteiger partial charge on any atom is 0.187 e. The molecular weight excluding hydrogens is 336 g/mol. The fourth-order valence-corrected chi connectivity index (χ4v) is 3.79. The molecule has 0 amide bonds. The van der Waals surface area contributed by atoms with E-state index in [-0.39, 0.29) is 5.41 Å². The highest BCUT2D eigenvalue weighted by Crippen LogP contribution is 2.31. The van der Waals surface area contributed by atoms with Crippen molar-refractivity contribution >= 4 is 32.9 Å². The van der Waals surface area contributed by atoms with E-state index in [1.807, 2.05) is 0 Å². The molecule has 1 aromatic heterocycles. The van der Waals surface area contributed by atoms with Crippen LogP contribution in [0.2, 0.25) is 0 Å². The molecule has 0 spiro atoms. The second kappa shape index (κ2) is 6.58. The van der Waals surface area contributed by atoms with E-state index in [1.54, 1.807) is 11.3 Å². The predicted molar refractivity (Wildman–Crippen MR) is 113 cm³/mol. The van der Waals surface area contributed by atoms with Gasteiger partial charge in [0.25, 0.3) is 0 Å². The molecule has 0 saturated carbocycles. The second-order valence-corrected chi connectivity index (χ2v) is 8.38. The van der Waals surface area contributed by atoms with Crippen molar-refractivity contribution in [2.45, 2.75) is 26.2 Å². The lowest BCUT2D eigenvalue weighted by Crippen LogP contribution is -2.10. The van der Waals surface area contributed by atoms with Gasteiger partial charge < -0.3 is 5.32 Å². The molecular formula is C23H22N2S. The number of benzene rings is 3. The summed E-state index contributed by atoms with van der Waals surface area (Å²) in [6.07, 6.45) is 0. The molecule has 0 aliphatic carbocycles. The molecule has 3 aromatic carbocycles. The zero-order valence-electron chi connectivity index (χ0n) is 15.3. The lowest BCUT2D eigenvalue weighted by molar-refractivity contribution is 0.590. The Morgan fingerprint density at radius 1 is 0.846 bits per heavy atom. The topological polar surface area (TPSA) is 24.9 Å². The molecule has 0 atom stereocenters. The van der Waals surface area contributed by atoms with Gasteiger partial charge in [0.05, 0.1) is 5.69 Å². The number of nitrogens with zero attached hydrogens (tertiary/aromatic N) is 1. The van der Waals surface area contributed by atoms with Gasteiger partial charge in [0, 0.05) is 22.0 Å². The lowest BCUT2D eigenvalue weighted by atomic mass is 9.86. The minimum atomic E-state index is 0.168. The summed E-state index contributed by atoms with van der Waals surface area (Å²) in [6.45, 7) is 6.70. The second-order valence-electron chi connectivity index (χ2n) is 7.52. The molecule has 4 rings (SSSR count). The summed E-state index contributed by atoms with van der Waals surface area (Å²) in [5.74, 6) is 0. The molecule has 0 saturated heterocycles. The fourth-order valence-electron chi connectivity index (χ4n) is 3.05. The first-order valence-electron chi connectivity index (χ1n) is 8.82. The Morgan fingerprint density at radius 3 is 2.35 bits per heavy atom. The van der Waals surface area contributed by atoms with Gasteiger partial charge >= 0.3 is 0 Å². The highest BCUT2D eigenvalue weighted by Gasteiger charge is 2.14. The maximum absolute atomic E-state index is 4.78. The molecule has 130 valence electrons. The third-order valence-electron chi connectivity index (χ3n) is 4.58. The van der Waals surface area contributed by atoms with E-state index in [0.29, 0.717) is 0 Å². The van der Waals surface area contributed by atoms with Crippen LogP contribution in [0.1, 0.15) is 26.3 Å². The summed E-state index contributed by atoms with van der Waals surface area (Å²) in [6, 6.07) is 23.4. The zero-order valence-corrected chi connectivity index (χ0v) is 16.1. The summed E-state index contributed by atoms with van der Waals surface area (Å²) >= 11 is 1.64. The normalized spacial score (nSPS) is 11.7. The van der Waals surface area contributed by atoms with Crippen molar-refractivity contribution in [1.29, 1.82) is 0 Å². The van der Waals surface area contributed by atoms with Crippen LogP contribution in [-0.4, -0.2) is 4.98 Å². The Morgan fingerprint density at radius 2 is 1.58 bits per heavy atom. The van der Waals surface area contributed by atoms with Gasteiger partial charge in [-0.1, -0.05) is 81.4 Å². The van der Waals surface area contributed by atoms with E-state index in [0.717, 1.165) is 22.1 Å². The average molecular weight is 359 g/mol. The first kappa shape index (κ1) is 16.8. The van der Waals surface area contributed by atoms with E-state index in [9.17, 15) is 0 Å². The molecule has 0 bridgehead atoms. The molecule has 0 radical (unpaired) electrons. The van der Waals surface area contributed by atoms with Crippen LogP contribution in [0.5, 0.6) is 0 Å². The third-order valence-corrected chi connectivity index (χ3v) is 5.34. The maximum atomic E-state index is 4.78. The monoisotopic (exact) mass is 358 g/mol. The van der Waals surface area contributed by atoms with Crippen LogP contribution in [-0.2, 0) is 5.41 Å². The van der Waals surface area contributed by atoms with Crippen molar-refractivity contribution in [3.05, 3.63) is 77.7 Å². The molecule has 0 unspecified atom stereocenters. The minimum absolute atomic E-state index is 0.168. The highest BCUT2D eigenvalue weighted by atomic mass is 32.1. The number of rotatable bonds is 3. The number of thiazole rings is 1. The smallest absolute Gasteiger partial charge is 0.187 e. The molecule has 0 aliphatic rings. The Kier molecular flexibility index (Phi) is 4.25. The fraction of sp³-hybridized carbons (Fsp3) is 0.174. The van der Waals surface area contributed by atoms with Crippen LogP contribution in [0.4, 0.5) is 10.8 Å². The number of nitrogens with one attached hydrogen (secondary N) is 1. The summed E-state index contributed by atoms with van der Waals surface area (Å²) in [7, 11) is 0. The summed E-state index contributed by atoms with van der Waals surface area (Å²) in [5, 5.41) is 8.94. The van der Waals surface area contributed by atoms with Crippen molar-refractivity contribution in [2.24, 2.45) is 0 Å². The van der Waals surface area contributed by atoms with Crippen LogP contribution in [0.3, 0.4) is 0 Å². The van der Waals surface area contributed by atoms with Crippen molar-refractivity contribution < 1.29 is 0 Å². The van der Waals surface area contributed by atoms with Gasteiger partial charge in [0.1, 0.15) is 0 Å². The van der Waals surface area contributed by atoms with Crippen molar-refractivity contribution in [1.82, 2.24) is 4.98 Å². The third kappa shape index (κ3) is 3.35. The quantitative estimate of drug-likeness (QED) is 0.426. The predicted octanol–water partition coefficient (Wildman–Crippen LogP) is 7.00. The molecule has 1 N–H and O–H groups in total. The molecule has 1 heterocycles. The summed E-state index contributed by atoms with van der Waals surface area (Å²) in [4.78, 5) is 4.78. The largest absolute Gasteiger partial charge is 0.331 e. The van der Waals surface area contributed by atoms with E-state index < -0.39 is 0 Å². The SMILES string of the molecule is CC(C)(C)c1ccc(-c2csc(Nc3cccc4ccccc34)n2)cc1. The van der Waals surface area contributed by atoms with Crippen molar-refractivity contribution in [3.8, 4) is 11.3 Å². The first-order chi connectivity index (χ1) is 12.5. The number of aromatic nitrogens is 1. The zero-order chi connectivity index (χ0) is 18.1. The van der Waals surface area contributed by atoms with Crippen LogP contribution in [0, 0.1) is 0 Å². The van der Waals surface area contributed by atoms with Gasteiger partial charge in [-0.2, -0.15) is 0 Å². The lowest BCUT2D eigenvalue weighted by Gasteiger charge is -2.18. The highest BCUT2D eigenvalue weighted by molar-refractivity contribution is 7.14. The van der Waals surface area contributed by atoms with E-state index >= 15 is 0 Å². The van der Waals surface area contributed by atoms with E-state index in [1.165, 1.54) is 16.3 Å². The molecule has 4 aromatic rings. The van der Waals surface area contributed by atoms with Gasteiger partial charge in [-0.3, -0.25) is 0 Å². The minimum Gasteiger partial charge on any atom is -0.331 e. The number of fused-ring (bicyclic) bond motifs is 1. The Hall–Kier alpha value is -2.65. The number of hydrogen-bond acceptors (Lipinski definition) is 3. The Bertz CT molecular complexity index is 1030. The van der Waals surface area contributed by atoms with Gasteiger partial charge in [-0.05, 0) is 22.4 Å². The number of hydrogen-bond donors (Lipinski definition) is 1. The first-order valence-corrected chi connectivity index (χ1v) is 9.70. The van der Waals surface area contributed by atoms with Crippen molar-refractivity contribution in [3.63, 3.8) is 0 Å². The van der Waals surface area contributed by atoms with Crippen LogP contribution in [0.25, 0.3) is 22.0 Å². The average Bonchev–Trinajstić information content (AvgIpc) is 3.10. The van der Waals surface area contributed by atoms with E-state index in [4.69, 9.17) is 4.98 Å². The van der Waals surface area contributed by atoms with Crippen LogP contribution in [0.15, 0.2) is 72.1 Å².